The molecule has 0 bridgehead atoms. The summed E-state index contributed by atoms with van der Waals surface area (Å²) < 4.78 is 13.1. The summed E-state index contributed by atoms with van der Waals surface area (Å²) in [5.74, 6) is 1.80. The van der Waals surface area contributed by atoms with E-state index in [0.29, 0.717) is 79.9 Å². The highest BCUT2D eigenvalue weighted by atomic mass is 35.5. The van der Waals surface area contributed by atoms with Crippen molar-refractivity contribution in [1.29, 1.82) is 0 Å². The van der Waals surface area contributed by atoms with Crippen molar-refractivity contribution in [3.63, 3.8) is 0 Å². The fourth-order valence-corrected chi connectivity index (χ4v) is 7.61. The number of pyridine rings is 2. The van der Waals surface area contributed by atoms with Crippen LogP contribution in [-0.4, -0.2) is 94.5 Å². The van der Waals surface area contributed by atoms with Crippen LogP contribution in [0.2, 0.25) is 5.02 Å². The van der Waals surface area contributed by atoms with E-state index in [1.165, 1.54) is 0 Å². The van der Waals surface area contributed by atoms with E-state index in [4.69, 9.17) is 26.1 Å². The van der Waals surface area contributed by atoms with E-state index in [1.54, 1.807) is 18.2 Å². The molecule has 11 nitrogen and oxygen atoms in total. The fraction of sp³-hybridized carbons (Fsp3) is 0.595. The number of carbonyl (C=O) groups is 2. The van der Waals surface area contributed by atoms with Crippen LogP contribution in [0.25, 0.3) is 11.1 Å². The third kappa shape index (κ3) is 8.20. The van der Waals surface area contributed by atoms with Gasteiger partial charge in [0, 0.05) is 61.8 Å². The van der Waals surface area contributed by atoms with E-state index in [0.717, 1.165) is 42.4 Å². The van der Waals surface area contributed by atoms with Crippen LogP contribution >= 0.6 is 11.6 Å². The molecule has 3 fully saturated rings. The molecule has 49 heavy (non-hydrogen) atoms. The predicted molar refractivity (Wildman–Crippen MR) is 190 cm³/mol. The van der Waals surface area contributed by atoms with Crippen molar-refractivity contribution in [3.05, 3.63) is 53.6 Å². The molecule has 0 atom stereocenters. The average Bonchev–Trinajstić information content (AvgIpc) is 3.58. The van der Waals surface area contributed by atoms with Gasteiger partial charge in [0.15, 0.2) is 0 Å². The van der Waals surface area contributed by atoms with Crippen molar-refractivity contribution in [3.8, 4) is 17.0 Å². The van der Waals surface area contributed by atoms with Gasteiger partial charge < -0.3 is 19.3 Å². The number of anilines is 1. The van der Waals surface area contributed by atoms with Crippen molar-refractivity contribution in [2.75, 3.05) is 45.7 Å². The molecule has 2 aliphatic carbocycles. The van der Waals surface area contributed by atoms with Crippen molar-refractivity contribution < 1.29 is 19.1 Å². The van der Waals surface area contributed by atoms with E-state index in [-0.39, 0.29) is 30.1 Å². The van der Waals surface area contributed by atoms with Gasteiger partial charge in [-0.25, -0.2) is 14.8 Å². The number of halogens is 1. The summed E-state index contributed by atoms with van der Waals surface area (Å²) in [6.45, 7) is 6.22. The maximum Gasteiger partial charge on any atom is 0.410 e. The van der Waals surface area contributed by atoms with Crippen molar-refractivity contribution in [2.45, 2.75) is 89.3 Å². The smallest absolute Gasteiger partial charge is 0.410 e. The first-order valence-electron chi connectivity index (χ1n) is 17.7. The second-order valence-corrected chi connectivity index (χ2v) is 14.9. The molecule has 4 heterocycles. The third-order valence-corrected chi connectivity index (χ3v) is 10.9. The lowest BCUT2D eigenvalue weighted by atomic mass is 9.78. The van der Waals surface area contributed by atoms with E-state index >= 15 is 0 Å². The number of hydrogen-bond donors (Lipinski definition) is 0. The molecular weight excluding hydrogens is 642 g/mol. The number of amides is 2. The van der Waals surface area contributed by atoms with Gasteiger partial charge in [0.1, 0.15) is 16.9 Å². The largest absolute Gasteiger partial charge is 0.480 e. The van der Waals surface area contributed by atoms with E-state index in [9.17, 15) is 9.59 Å². The SMILES string of the molecule is COc1ncc(C2CCC(CN(C(=O)C3CCC(OC(=O)N4CC(N(C)C)C4)CC3)c3cc(-c4cnn(C(C)C)c4)ccn3)CC2)cc1Cl. The summed E-state index contributed by atoms with van der Waals surface area (Å²) in [4.78, 5) is 42.1. The second-order valence-electron chi connectivity index (χ2n) is 14.5. The highest BCUT2D eigenvalue weighted by Crippen LogP contribution is 2.39. The molecule has 1 saturated heterocycles. The normalized spacial score (nSPS) is 23.0. The molecule has 264 valence electrons. The Kier molecular flexibility index (Phi) is 11.1. The van der Waals surface area contributed by atoms with Crippen molar-refractivity contribution in [1.82, 2.24) is 29.5 Å². The first-order valence-corrected chi connectivity index (χ1v) is 18.1. The van der Waals surface area contributed by atoms with Crippen LogP contribution in [0.4, 0.5) is 10.6 Å². The zero-order valence-electron chi connectivity index (χ0n) is 29.4. The van der Waals surface area contributed by atoms with Crippen LogP contribution in [0.1, 0.15) is 82.7 Å². The Morgan fingerprint density at radius 1 is 0.980 bits per heavy atom. The highest BCUT2D eigenvalue weighted by molar-refractivity contribution is 6.31. The molecule has 12 heteroatoms. The minimum Gasteiger partial charge on any atom is -0.480 e. The standard InChI is InChI=1S/C37H50ClN7O4/c1-24(2)45-21-30(19-41-45)28-14-15-39-34(17-28)44(20-25-6-8-26(9-7-25)29-16-33(38)35(48-5)40-18-29)36(46)27-10-12-32(13-11-27)49-37(47)43-22-31(23-43)42(3)4/h14-19,21,24-27,31-32H,6-13,20,22-23H2,1-5H3. The predicted octanol–water partition coefficient (Wildman–Crippen LogP) is 6.83. The first-order chi connectivity index (χ1) is 23.6. The lowest BCUT2D eigenvalue weighted by Crippen LogP contribution is -2.59. The third-order valence-electron chi connectivity index (χ3n) is 10.7. The number of ether oxygens (including phenoxy) is 2. The van der Waals surface area contributed by atoms with E-state index in [1.807, 2.05) is 60.5 Å². The molecule has 2 saturated carbocycles. The molecule has 2 amide bonds. The van der Waals surface area contributed by atoms with Gasteiger partial charge in [-0.3, -0.25) is 14.4 Å². The van der Waals surface area contributed by atoms with Gasteiger partial charge in [-0.15, -0.1) is 0 Å². The molecule has 0 spiro atoms. The fourth-order valence-electron chi connectivity index (χ4n) is 7.36. The molecule has 0 unspecified atom stereocenters. The number of likely N-dealkylation sites (N-methyl/N-ethyl adjacent to an activating group) is 1. The van der Waals surface area contributed by atoms with Crippen LogP contribution in [0.3, 0.4) is 0 Å². The van der Waals surface area contributed by atoms with Crippen LogP contribution in [0.15, 0.2) is 43.0 Å². The molecule has 6 rings (SSSR count). The zero-order chi connectivity index (χ0) is 34.7. The second kappa shape index (κ2) is 15.5. The van der Waals surface area contributed by atoms with Crippen molar-refractivity contribution >= 4 is 29.4 Å². The Hall–Kier alpha value is -3.70. The summed E-state index contributed by atoms with van der Waals surface area (Å²) in [6.07, 6.45) is 13.9. The summed E-state index contributed by atoms with van der Waals surface area (Å²) in [7, 11) is 5.64. The lowest BCUT2D eigenvalue weighted by Gasteiger charge is -2.42. The Morgan fingerprint density at radius 2 is 1.71 bits per heavy atom. The van der Waals surface area contributed by atoms with Gasteiger partial charge in [0.2, 0.25) is 11.8 Å². The molecule has 0 aromatic carbocycles. The number of carbonyl (C=O) groups excluding carboxylic acids is 2. The van der Waals surface area contributed by atoms with Crippen LogP contribution in [0.5, 0.6) is 5.88 Å². The van der Waals surface area contributed by atoms with Gasteiger partial charge in [-0.1, -0.05) is 11.6 Å². The summed E-state index contributed by atoms with van der Waals surface area (Å²) in [6, 6.07) is 6.62. The maximum atomic E-state index is 14.4. The van der Waals surface area contributed by atoms with E-state index in [2.05, 4.69) is 28.8 Å². The number of aromatic nitrogens is 4. The minimum absolute atomic E-state index is 0.108. The lowest BCUT2D eigenvalue weighted by molar-refractivity contribution is -0.124. The summed E-state index contributed by atoms with van der Waals surface area (Å²) in [5.41, 5.74) is 3.12. The van der Waals surface area contributed by atoms with Crippen LogP contribution in [0, 0.1) is 11.8 Å². The molecule has 3 aliphatic rings. The van der Waals surface area contributed by atoms with Gasteiger partial charge >= 0.3 is 6.09 Å². The monoisotopic (exact) mass is 691 g/mol. The number of likely N-dealkylation sites (tertiary alicyclic amines) is 1. The van der Waals surface area contributed by atoms with Gasteiger partial charge in [0.05, 0.1) is 13.3 Å². The molecule has 1 aliphatic heterocycles. The number of nitrogens with zero attached hydrogens (tertiary/aromatic N) is 7. The zero-order valence-corrected chi connectivity index (χ0v) is 30.2. The molecule has 0 N–H and O–H groups in total. The number of rotatable bonds is 10. The van der Waals surface area contributed by atoms with Crippen LogP contribution in [-0.2, 0) is 9.53 Å². The quantitative estimate of drug-likeness (QED) is 0.228. The van der Waals surface area contributed by atoms with Gasteiger partial charge in [-0.05, 0) is 120 Å². The maximum absolute atomic E-state index is 14.4. The highest BCUT2D eigenvalue weighted by Gasteiger charge is 2.37. The minimum atomic E-state index is -0.236. The first kappa shape index (κ1) is 35.1. The Labute approximate surface area is 294 Å². The van der Waals surface area contributed by atoms with E-state index < -0.39 is 0 Å². The molecule has 0 radical (unpaired) electrons. The molecular formula is C37H50ClN7O4. The summed E-state index contributed by atoms with van der Waals surface area (Å²) in [5, 5.41) is 5.06. The number of hydrogen-bond acceptors (Lipinski definition) is 8. The average molecular weight is 692 g/mol. The molecule has 3 aromatic rings. The summed E-state index contributed by atoms with van der Waals surface area (Å²) >= 11 is 6.40. The van der Waals surface area contributed by atoms with Gasteiger partial charge in [0.25, 0.3) is 0 Å². The Bertz CT molecular complexity index is 1590. The van der Waals surface area contributed by atoms with Gasteiger partial charge in [-0.2, -0.15) is 5.10 Å². The Morgan fingerprint density at radius 3 is 2.35 bits per heavy atom. The molecule has 3 aromatic heterocycles. The Balaban J connectivity index is 1.13. The van der Waals surface area contributed by atoms with Crippen molar-refractivity contribution in [2.24, 2.45) is 11.8 Å². The topological polar surface area (TPSA) is 106 Å². The van der Waals surface area contributed by atoms with Crippen LogP contribution < -0.4 is 9.64 Å². The number of methoxy groups -OCH3 is 1.